The molecule has 0 spiro atoms. The molecule has 0 saturated heterocycles. The summed E-state index contributed by atoms with van der Waals surface area (Å²) < 4.78 is -0.860. The lowest BCUT2D eigenvalue weighted by atomic mass is 9.72. The van der Waals surface area contributed by atoms with E-state index < -0.39 is 10.7 Å². The molecule has 0 fully saturated rings. The van der Waals surface area contributed by atoms with Gasteiger partial charge in [-0.25, -0.2) is 0 Å². The lowest BCUT2D eigenvalue weighted by Crippen LogP contribution is -2.43. The van der Waals surface area contributed by atoms with E-state index in [2.05, 4.69) is 26.0 Å². The fourth-order valence-electron chi connectivity index (χ4n) is 2.94. The highest BCUT2D eigenvalue weighted by Gasteiger charge is 2.50. The zero-order chi connectivity index (χ0) is 14.0. The Bertz CT molecular complexity index is 509. The number of hydrogen-bond acceptors (Lipinski definition) is 2. The number of rotatable bonds is 4. The molecule has 0 heterocycles. The summed E-state index contributed by atoms with van der Waals surface area (Å²) in [7, 11) is 0. The number of hydrogen-bond donors (Lipinski definition) is 1. The molecule has 0 aromatic heterocycles. The third-order valence-electron chi connectivity index (χ3n) is 4.21. The van der Waals surface area contributed by atoms with E-state index in [0.717, 1.165) is 17.5 Å². The van der Waals surface area contributed by atoms with Crippen LogP contribution in [0.15, 0.2) is 30.3 Å². The maximum atomic E-state index is 12.0. The van der Waals surface area contributed by atoms with E-state index in [-0.39, 0.29) is 5.92 Å². The second-order valence-electron chi connectivity index (χ2n) is 5.10. The number of carboxylic acids is 1. The Balaban J connectivity index is 2.65. The molecule has 0 saturated carbocycles. The quantitative estimate of drug-likeness (QED) is 0.902. The van der Waals surface area contributed by atoms with E-state index >= 15 is 0 Å². The van der Waals surface area contributed by atoms with Gasteiger partial charge in [0.15, 0.2) is 0 Å². The van der Waals surface area contributed by atoms with Crippen LogP contribution in [0.1, 0.15) is 31.4 Å². The maximum absolute atomic E-state index is 12.0. The zero-order valence-electron chi connectivity index (χ0n) is 11.6. The summed E-state index contributed by atoms with van der Waals surface area (Å²) in [6.45, 7) is 4.25. The fourth-order valence-corrected chi connectivity index (χ4v) is 4.10. The van der Waals surface area contributed by atoms with E-state index in [1.807, 2.05) is 30.5 Å². The Kier molecular flexibility index (Phi) is 4.04. The Morgan fingerprint density at radius 3 is 2.74 bits per heavy atom. The Morgan fingerprint density at radius 2 is 2.16 bits per heavy atom. The van der Waals surface area contributed by atoms with Gasteiger partial charge >= 0.3 is 5.97 Å². The Hall–Kier alpha value is -1.22. The van der Waals surface area contributed by atoms with E-state index in [1.165, 1.54) is 11.8 Å². The molecule has 2 nitrogen and oxygen atoms in total. The summed E-state index contributed by atoms with van der Waals surface area (Å²) in [6.07, 6.45) is 7.04. The summed E-state index contributed by atoms with van der Waals surface area (Å²) in [4.78, 5) is 12.0. The minimum absolute atomic E-state index is 0.0277. The number of aliphatic carboxylic acids is 1. The molecule has 1 aliphatic carbocycles. The zero-order valence-corrected chi connectivity index (χ0v) is 12.4. The molecule has 0 amide bonds. The van der Waals surface area contributed by atoms with Gasteiger partial charge in [0.2, 0.25) is 0 Å². The van der Waals surface area contributed by atoms with Crippen molar-refractivity contribution in [1.29, 1.82) is 0 Å². The van der Waals surface area contributed by atoms with Crippen molar-refractivity contribution in [1.82, 2.24) is 0 Å². The topological polar surface area (TPSA) is 37.3 Å². The van der Waals surface area contributed by atoms with Crippen molar-refractivity contribution in [3.8, 4) is 0 Å². The largest absolute Gasteiger partial charge is 0.480 e. The van der Waals surface area contributed by atoms with E-state index in [1.54, 1.807) is 0 Å². The van der Waals surface area contributed by atoms with Crippen molar-refractivity contribution in [3.63, 3.8) is 0 Å². The van der Waals surface area contributed by atoms with Crippen molar-refractivity contribution in [2.45, 2.75) is 25.0 Å². The first-order valence-electron chi connectivity index (χ1n) is 6.64. The molecule has 1 aliphatic rings. The molecule has 102 valence electrons. The van der Waals surface area contributed by atoms with E-state index in [4.69, 9.17) is 0 Å². The lowest BCUT2D eigenvalue weighted by Gasteiger charge is -2.41. The first-order chi connectivity index (χ1) is 9.07. The van der Waals surface area contributed by atoms with Gasteiger partial charge in [-0.05, 0) is 23.3 Å². The summed E-state index contributed by atoms with van der Waals surface area (Å²) in [5, 5.41) is 9.90. The third-order valence-corrected chi connectivity index (χ3v) is 5.52. The number of benzene rings is 1. The van der Waals surface area contributed by atoms with Gasteiger partial charge in [0.05, 0.1) is 0 Å². The third kappa shape index (κ3) is 2.10. The molecule has 3 heteroatoms. The number of thioether (sulfide) groups is 1. The second-order valence-corrected chi connectivity index (χ2v) is 6.15. The summed E-state index contributed by atoms with van der Waals surface area (Å²) in [5.74, 6) is -0.366. The molecule has 19 heavy (non-hydrogen) atoms. The highest BCUT2D eigenvalue weighted by molar-refractivity contribution is 8.00. The van der Waals surface area contributed by atoms with Gasteiger partial charge in [-0.2, -0.15) is 0 Å². The summed E-state index contributed by atoms with van der Waals surface area (Å²) in [6, 6.07) is 7.84. The van der Waals surface area contributed by atoms with Gasteiger partial charge < -0.3 is 5.11 Å². The predicted molar refractivity (Wildman–Crippen MR) is 81.2 cm³/mol. The monoisotopic (exact) mass is 276 g/mol. The highest BCUT2D eigenvalue weighted by atomic mass is 32.2. The van der Waals surface area contributed by atoms with Crippen molar-refractivity contribution in [2.75, 3.05) is 6.26 Å². The van der Waals surface area contributed by atoms with Crippen LogP contribution in [-0.4, -0.2) is 17.3 Å². The molecular weight excluding hydrogens is 256 g/mol. The van der Waals surface area contributed by atoms with Gasteiger partial charge in [0.1, 0.15) is 4.75 Å². The van der Waals surface area contributed by atoms with Crippen LogP contribution in [0.4, 0.5) is 0 Å². The normalized spacial score (nSPS) is 26.8. The van der Waals surface area contributed by atoms with Crippen molar-refractivity contribution < 1.29 is 9.90 Å². The molecule has 0 bridgehead atoms. The van der Waals surface area contributed by atoms with Crippen LogP contribution in [0.3, 0.4) is 0 Å². The molecule has 0 radical (unpaired) electrons. The number of carboxylic acid groups (broad SMARTS) is 1. The molecule has 1 unspecified atom stereocenters. The van der Waals surface area contributed by atoms with Crippen molar-refractivity contribution >= 4 is 23.8 Å². The number of carbonyl (C=O) groups is 1. The predicted octanol–water partition coefficient (Wildman–Crippen LogP) is 4.02. The molecule has 2 rings (SSSR count). The molecule has 1 N–H and O–H groups in total. The van der Waals surface area contributed by atoms with Gasteiger partial charge in [-0.15, -0.1) is 11.8 Å². The second kappa shape index (κ2) is 5.41. The molecule has 1 aromatic carbocycles. The van der Waals surface area contributed by atoms with Gasteiger partial charge in [-0.3, -0.25) is 4.79 Å². The van der Waals surface area contributed by atoms with Gasteiger partial charge in [-0.1, -0.05) is 56.7 Å². The number of fused-ring (bicyclic) bond motifs is 1. The van der Waals surface area contributed by atoms with Crippen LogP contribution in [0.25, 0.3) is 6.08 Å². The first-order valence-corrected chi connectivity index (χ1v) is 7.86. The summed E-state index contributed by atoms with van der Waals surface area (Å²) in [5.41, 5.74) is 1.96. The summed E-state index contributed by atoms with van der Waals surface area (Å²) >= 11 is 1.44. The smallest absolute Gasteiger partial charge is 0.324 e. The molecule has 0 aliphatic heterocycles. The van der Waals surface area contributed by atoms with Crippen LogP contribution in [-0.2, 0) is 9.54 Å². The average molecular weight is 276 g/mol. The van der Waals surface area contributed by atoms with Crippen LogP contribution in [0, 0.1) is 11.8 Å². The molecule has 3 atom stereocenters. The van der Waals surface area contributed by atoms with Crippen molar-refractivity contribution in [2.24, 2.45) is 11.8 Å². The SMILES string of the molecule is CCC(C)[C@H]1C=Cc2ccccc2[C@@]1(SC)C(=O)O. The van der Waals surface area contributed by atoms with E-state index in [0.29, 0.717) is 5.92 Å². The fraction of sp³-hybridized carbons (Fsp3) is 0.438. The Morgan fingerprint density at radius 1 is 1.47 bits per heavy atom. The highest BCUT2D eigenvalue weighted by Crippen LogP contribution is 2.50. The molecular formula is C16H20O2S. The Labute approximate surface area is 118 Å². The minimum atomic E-state index is -0.860. The van der Waals surface area contributed by atoms with E-state index in [9.17, 15) is 9.90 Å². The van der Waals surface area contributed by atoms with Crippen molar-refractivity contribution in [3.05, 3.63) is 41.5 Å². The van der Waals surface area contributed by atoms with Gasteiger partial charge in [0.25, 0.3) is 0 Å². The van der Waals surface area contributed by atoms with Gasteiger partial charge in [0, 0.05) is 5.92 Å². The first kappa shape index (κ1) is 14.2. The number of allylic oxidation sites excluding steroid dienone is 1. The maximum Gasteiger partial charge on any atom is 0.324 e. The van der Waals surface area contributed by atoms with Crippen LogP contribution >= 0.6 is 11.8 Å². The van der Waals surface area contributed by atoms with Crippen LogP contribution < -0.4 is 0 Å². The van der Waals surface area contributed by atoms with Crippen LogP contribution in [0.5, 0.6) is 0 Å². The van der Waals surface area contributed by atoms with Crippen LogP contribution in [0.2, 0.25) is 0 Å². The molecule has 1 aromatic rings. The lowest BCUT2D eigenvalue weighted by molar-refractivity contribution is -0.141. The minimum Gasteiger partial charge on any atom is -0.480 e. The standard InChI is InChI=1S/C16H20O2S/c1-4-11(2)13-10-9-12-7-5-6-8-14(12)16(13,19-3)15(17)18/h5-11,13H,4H2,1-3H3,(H,17,18)/t11?,13-,16-/m1/s1. The average Bonchev–Trinajstić information content (AvgIpc) is 2.44.